The van der Waals surface area contributed by atoms with Crippen LogP contribution in [0.4, 0.5) is 0 Å². The molecular formula is C17H37N3. The van der Waals surface area contributed by atoms with Crippen molar-refractivity contribution in [3.8, 4) is 0 Å². The molecule has 1 rings (SSSR count). The van der Waals surface area contributed by atoms with E-state index in [1.165, 1.54) is 58.2 Å². The van der Waals surface area contributed by atoms with Gasteiger partial charge in [-0.2, -0.15) is 0 Å². The Morgan fingerprint density at radius 2 is 1.65 bits per heavy atom. The van der Waals surface area contributed by atoms with Crippen LogP contribution in [0.2, 0.25) is 0 Å². The maximum Gasteiger partial charge on any atom is 0.0117 e. The molecule has 20 heavy (non-hydrogen) atoms. The Balaban J connectivity index is 1.95. The first-order chi connectivity index (χ1) is 9.38. The second-order valence-electron chi connectivity index (χ2n) is 7.61. The van der Waals surface area contributed by atoms with Gasteiger partial charge in [-0.1, -0.05) is 12.8 Å². The van der Waals surface area contributed by atoms with Crippen LogP contribution in [0.1, 0.15) is 59.3 Å². The van der Waals surface area contributed by atoms with Crippen molar-refractivity contribution >= 4 is 0 Å². The Hall–Kier alpha value is -0.120. The molecule has 0 spiro atoms. The first-order valence-corrected chi connectivity index (χ1v) is 8.52. The lowest BCUT2D eigenvalue weighted by atomic mass is 10.0. The Kier molecular flexibility index (Phi) is 8.08. The second-order valence-corrected chi connectivity index (χ2v) is 7.61. The molecular weight excluding hydrogens is 246 g/mol. The van der Waals surface area contributed by atoms with E-state index in [1.807, 2.05) is 0 Å². The topological polar surface area (TPSA) is 18.5 Å². The van der Waals surface area contributed by atoms with Gasteiger partial charge in [0.25, 0.3) is 0 Å². The molecule has 0 saturated carbocycles. The average molecular weight is 284 g/mol. The minimum absolute atomic E-state index is 0.272. The summed E-state index contributed by atoms with van der Waals surface area (Å²) >= 11 is 0. The molecule has 0 bridgehead atoms. The minimum atomic E-state index is 0.272. The van der Waals surface area contributed by atoms with E-state index in [1.54, 1.807) is 0 Å². The maximum absolute atomic E-state index is 3.56. The fourth-order valence-electron chi connectivity index (χ4n) is 2.92. The van der Waals surface area contributed by atoms with E-state index < -0.39 is 0 Å². The summed E-state index contributed by atoms with van der Waals surface area (Å²) in [6, 6.07) is 0.828. The molecule has 0 aliphatic carbocycles. The van der Waals surface area contributed by atoms with Crippen LogP contribution in [0.3, 0.4) is 0 Å². The monoisotopic (exact) mass is 283 g/mol. The highest BCUT2D eigenvalue weighted by Gasteiger charge is 2.19. The summed E-state index contributed by atoms with van der Waals surface area (Å²) in [7, 11) is 4.55. The van der Waals surface area contributed by atoms with Gasteiger partial charge in [0.2, 0.25) is 0 Å². The van der Waals surface area contributed by atoms with Crippen LogP contribution in [0.5, 0.6) is 0 Å². The van der Waals surface area contributed by atoms with E-state index in [-0.39, 0.29) is 5.54 Å². The molecule has 0 atom stereocenters. The average Bonchev–Trinajstić information content (AvgIpc) is 2.37. The van der Waals surface area contributed by atoms with Crippen LogP contribution in [-0.4, -0.2) is 61.7 Å². The van der Waals surface area contributed by atoms with Crippen molar-refractivity contribution in [1.82, 2.24) is 15.1 Å². The van der Waals surface area contributed by atoms with Crippen molar-refractivity contribution in [2.24, 2.45) is 0 Å². The van der Waals surface area contributed by atoms with E-state index >= 15 is 0 Å². The summed E-state index contributed by atoms with van der Waals surface area (Å²) in [5, 5.41) is 3.56. The Morgan fingerprint density at radius 3 is 2.25 bits per heavy atom. The zero-order valence-corrected chi connectivity index (χ0v) is 14.5. The van der Waals surface area contributed by atoms with Crippen molar-refractivity contribution in [1.29, 1.82) is 0 Å². The van der Waals surface area contributed by atoms with Crippen molar-refractivity contribution in [3.05, 3.63) is 0 Å². The SMILES string of the molecule is CN1CCC(N(C)CCCCCCNC(C)(C)C)CC1. The third kappa shape index (κ3) is 8.23. The van der Waals surface area contributed by atoms with Gasteiger partial charge in [-0.05, 0) is 86.7 Å². The third-order valence-corrected chi connectivity index (χ3v) is 4.40. The first-order valence-electron chi connectivity index (χ1n) is 8.52. The summed E-state index contributed by atoms with van der Waals surface area (Å²) in [5.41, 5.74) is 0.272. The molecule has 1 saturated heterocycles. The van der Waals surface area contributed by atoms with Crippen molar-refractivity contribution in [2.75, 3.05) is 40.3 Å². The largest absolute Gasteiger partial charge is 0.312 e. The predicted octanol–water partition coefficient (Wildman–Crippen LogP) is 2.96. The van der Waals surface area contributed by atoms with Gasteiger partial charge in [0.05, 0.1) is 0 Å². The van der Waals surface area contributed by atoms with Gasteiger partial charge >= 0.3 is 0 Å². The van der Waals surface area contributed by atoms with Gasteiger partial charge in [-0.15, -0.1) is 0 Å². The maximum atomic E-state index is 3.56. The van der Waals surface area contributed by atoms with Crippen molar-refractivity contribution in [3.63, 3.8) is 0 Å². The molecule has 1 aliphatic heterocycles. The number of nitrogens with one attached hydrogen (secondary N) is 1. The van der Waals surface area contributed by atoms with Crippen LogP contribution < -0.4 is 5.32 Å². The van der Waals surface area contributed by atoms with Gasteiger partial charge in [0.15, 0.2) is 0 Å². The number of nitrogens with zero attached hydrogens (tertiary/aromatic N) is 2. The van der Waals surface area contributed by atoms with E-state index in [4.69, 9.17) is 0 Å². The lowest BCUT2D eigenvalue weighted by molar-refractivity contribution is 0.142. The van der Waals surface area contributed by atoms with E-state index in [9.17, 15) is 0 Å². The molecule has 1 aliphatic rings. The van der Waals surface area contributed by atoms with Crippen LogP contribution in [0.15, 0.2) is 0 Å². The number of piperidine rings is 1. The van der Waals surface area contributed by atoms with E-state index in [0.29, 0.717) is 0 Å². The number of hydrogen-bond acceptors (Lipinski definition) is 3. The van der Waals surface area contributed by atoms with Gasteiger partial charge in [-0.3, -0.25) is 0 Å². The lowest BCUT2D eigenvalue weighted by Gasteiger charge is -2.35. The molecule has 1 N–H and O–H groups in total. The van der Waals surface area contributed by atoms with Crippen molar-refractivity contribution in [2.45, 2.75) is 70.9 Å². The molecule has 0 unspecified atom stereocenters. The fourth-order valence-corrected chi connectivity index (χ4v) is 2.92. The quantitative estimate of drug-likeness (QED) is 0.691. The summed E-state index contributed by atoms with van der Waals surface area (Å²) in [4.78, 5) is 5.05. The van der Waals surface area contributed by atoms with Crippen molar-refractivity contribution < 1.29 is 0 Å². The molecule has 0 aromatic heterocycles. The molecule has 0 aromatic carbocycles. The second kappa shape index (κ2) is 9.01. The van der Waals surface area contributed by atoms with E-state index in [0.717, 1.165) is 12.6 Å². The lowest BCUT2D eigenvalue weighted by Crippen LogP contribution is -2.42. The highest BCUT2D eigenvalue weighted by Crippen LogP contribution is 2.14. The Morgan fingerprint density at radius 1 is 1.05 bits per heavy atom. The third-order valence-electron chi connectivity index (χ3n) is 4.40. The highest BCUT2D eigenvalue weighted by atomic mass is 15.2. The predicted molar refractivity (Wildman–Crippen MR) is 89.4 cm³/mol. The molecule has 0 amide bonds. The molecule has 120 valence electrons. The minimum Gasteiger partial charge on any atom is -0.312 e. The number of unbranched alkanes of at least 4 members (excludes halogenated alkanes) is 3. The van der Waals surface area contributed by atoms with E-state index in [2.05, 4.69) is 50.0 Å². The van der Waals surface area contributed by atoms with Gasteiger partial charge in [-0.25, -0.2) is 0 Å². The highest BCUT2D eigenvalue weighted by molar-refractivity contribution is 4.76. The molecule has 3 heteroatoms. The smallest absolute Gasteiger partial charge is 0.0117 e. The van der Waals surface area contributed by atoms with Crippen LogP contribution in [0, 0.1) is 0 Å². The number of rotatable bonds is 8. The first kappa shape index (κ1) is 17.9. The van der Waals surface area contributed by atoms with Gasteiger partial charge < -0.3 is 15.1 Å². The molecule has 0 radical (unpaired) electrons. The zero-order valence-electron chi connectivity index (χ0n) is 14.5. The molecule has 1 heterocycles. The Labute approximate surface area is 127 Å². The molecule has 0 aromatic rings. The van der Waals surface area contributed by atoms with Gasteiger partial charge in [0, 0.05) is 11.6 Å². The number of likely N-dealkylation sites (tertiary alicyclic amines) is 1. The standard InChI is InChI=1S/C17H37N3/c1-17(2,3)18-12-8-6-7-9-13-20(5)16-10-14-19(4)15-11-16/h16,18H,6-15H2,1-5H3. The van der Waals surface area contributed by atoms with Crippen LogP contribution in [-0.2, 0) is 0 Å². The van der Waals surface area contributed by atoms with Crippen LogP contribution >= 0.6 is 0 Å². The number of hydrogen-bond donors (Lipinski definition) is 1. The summed E-state index contributed by atoms with van der Waals surface area (Å²) in [6.45, 7) is 11.7. The molecule has 3 nitrogen and oxygen atoms in total. The fraction of sp³-hybridized carbons (Fsp3) is 1.00. The summed E-state index contributed by atoms with van der Waals surface area (Å²) < 4.78 is 0. The van der Waals surface area contributed by atoms with Crippen LogP contribution in [0.25, 0.3) is 0 Å². The zero-order chi connectivity index (χ0) is 15.0. The summed E-state index contributed by atoms with van der Waals surface area (Å²) in [5.74, 6) is 0. The Bertz CT molecular complexity index is 239. The van der Waals surface area contributed by atoms with Gasteiger partial charge in [0.1, 0.15) is 0 Å². The molecule has 1 fully saturated rings. The summed E-state index contributed by atoms with van der Waals surface area (Å²) in [6.07, 6.45) is 8.12. The normalized spacial score (nSPS) is 18.9.